The zero-order chi connectivity index (χ0) is 15.6. The van der Waals surface area contributed by atoms with Gasteiger partial charge in [-0.3, -0.25) is 9.59 Å². The van der Waals surface area contributed by atoms with Crippen LogP contribution in [0.5, 0.6) is 0 Å². The molecule has 0 aromatic heterocycles. The first-order valence-electron chi connectivity index (χ1n) is 5.91. The van der Waals surface area contributed by atoms with Gasteiger partial charge in [0, 0.05) is 61.3 Å². The Labute approximate surface area is 158 Å². The molecule has 7 heteroatoms. The number of ketones is 2. The van der Waals surface area contributed by atoms with Crippen LogP contribution in [0.15, 0.2) is 47.4 Å². The molecule has 2 aromatic rings. The molecule has 3 N–H and O–H groups in total. The largest absolute Gasteiger partial charge is 0.465 e. The number of nitrogens with two attached hydrogens (primary N) is 1. The number of fused-ring (bicyclic) bond motifs is 2. The molecular formula is C15H13NO4SY. The standard InChI is InChI=1S/C14H8O2S.CH3NO2.Y.H2/c15-13-9-3-1-2-4-10(9)14(16)12-7-8(17)5-6-11(12)13;2-1(3)4;;/h1-7,17H;2H2,(H,3,4);;1H. The normalized spacial score (nSPS) is 11.3. The number of carboxylic acid groups (broad SMARTS) is 1. The smallest absolute Gasteiger partial charge is 0.402 e. The molecule has 0 unspecified atom stereocenters. The summed E-state index contributed by atoms with van der Waals surface area (Å²) in [4.78, 5) is 33.9. The Kier molecular flexibility index (Phi) is 6.47. The minimum absolute atomic E-state index is 0. The molecular weight excluding hydrogens is 379 g/mol. The molecule has 0 fully saturated rings. The molecule has 3 rings (SSSR count). The van der Waals surface area contributed by atoms with Crippen LogP contribution in [0.1, 0.15) is 33.3 Å². The van der Waals surface area contributed by atoms with E-state index in [0.717, 1.165) is 0 Å². The van der Waals surface area contributed by atoms with Crippen LogP contribution in [0.4, 0.5) is 4.79 Å². The fraction of sp³-hybridized carbons (Fsp3) is 0. The van der Waals surface area contributed by atoms with E-state index >= 15 is 0 Å². The summed E-state index contributed by atoms with van der Waals surface area (Å²) < 4.78 is 0. The van der Waals surface area contributed by atoms with E-state index in [-0.39, 0.29) is 45.7 Å². The Morgan fingerprint density at radius 2 is 1.36 bits per heavy atom. The van der Waals surface area contributed by atoms with Gasteiger partial charge in [-0.1, -0.05) is 24.3 Å². The predicted octanol–water partition coefficient (Wildman–Crippen LogP) is 2.62. The van der Waals surface area contributed by atoms with Crippen molar-refractivity contribution in [2.24, 2.45) is 5.73 Å². The average molecular weight is 392 g/mol. The minimum atomic E-state index is -1.33. The third-order valence-electron chi connectivity index (χ3n) is 2.91. The van der Waals surface area contributed by atoms with Gasteiger partial charge in [-0.15, -0.1) is 12.6 Å². The van der Waals surface area contributed by atoms with Gasteiger partial charge < -0.3 is 10.8 Å². The molecule has 111 valence electrons. The fourth-order valence-corrected chi connectivity index (χ4v) is 2.29. The third-order valence-corrected chi connectivity index (χ3v) is 3.19. The van der Waals surface area contributed by atoms with Gasteiger partial charge in [-0.25, -0.2) is 4.79 Å². The Balaban J connectivity index is 0.000000731. The molecule has 0 saturated carbocycles. The van der Waals surface area contributed by atoms with Crippen molar-refractivity contribution in [3.8, 4) is 0 Å². The van der Waals surface area contributed by atoms with Gasteiger partial charge in [0.15, 0.2) is 11.6 Å². The van der Waals surface area contributed by atoms with Crippen LogP contribution < -0.4 is 5.73 Å². The molecule has 22 heavy (non-hydrogen) atoms. The van der Waals surface area contributed by atoms with E-state index in [1.54, 1.807) is 42.5 Å². The summed E-state index contributed by atoms with van der Waals surface area (Å²) in [6.45, 7) is 0. The third kappa shape index (κ3) is 3.82. The van der Waals surface area contributed by atoms with Crippen LogP contribution >= 0.6 is 12.6 Å². The van der Waals surface area contributed by atoms with E-state index in [4.69, 9.17) is 9.90 Å². The van der Waals surface area contributed by atoms with E-state index in [9.17, 15) is 9.59 Å². The SMILES string of the molecule is NC(=O)O.O=C1c2ccccc2C(=O)c2cc(S)ccc21.[HH].[Y]. The van der Waals surface area contributed by atoms with Gasteiger partial charge in [-0.2, -0.15) is 0 Å². The van der Waals surface area contributed by atoms with Crippen molar-refractivity contribution in [1.82, 2.24) is 0 Å². The number of amides is 1. The summed E-state index contributed by atoms with van der Waals surface area (Å²) in [5.41, 5.74) is 5.90. The van der Waals surface area contributed by atoms with Crippen molar-refractivity contribution in [2.45, 2.75) is 4.90 Å². The number of rotatable bonds is 0. The number of carbonyl (C=O) groups is 3. The zero-order valence-electron chi connectivity index (χ0n) is 11.3. The first kappa shape index (κ1) is 18.6. The van der Waals surface area contributed by atoms with E-state index in [1.807, 2.05) is 0 Å². The maximum absolute atomic E-state index is 12.2. The van der Waals surface area contributed by atoms with Crippen molar-refractivity contribution >= 4 is 30.3 Å². The van der Waals surface area contributed by atoms with Crippen LogP contribution in [0, 0.1) is 0 Å². The molecule has 1 aliphatic carbocycles. The summed E-state index contributed by atoms with van der Waals surface area (Å²) in [6, 6.07) is 11.9. The average Bonchev–Trinajstić information content (AvgIpc) is 2.44. The Morgan fingerprint density at radius 1 is 0.955 bits per heavy atom. The topological polar surface area (TPSA) is 97.5 Å². The summed E-state index contributed by atoms with van der Waals surface area (Å²) >= 11 is 4.20. The molecule has 0 atom stereocenters. The Hall–Kier alpha value is -1.50. The summed E-state index contributed by atoms with van der Waals surface area (Å²) in [7, 11) is 0. The summed E-state index contributed by atoms with van der Waals surface area (Å²) in [6.07, 6.45) is -1.33. The zero-order valence-corrected chi connectivity index (χ0v) is 15.0. The molecule has 0 saturated heterocycles. The number of benzene rings is 2. The molecule has 0 spiro atoms. The second-order valence-electron chi connectivity index (χ2n) is 4.27. The molecule has 2 aromatic carbocycles. The van der Waals surface area contributed by atoms with Crippen molar-refractivity contribution in [2.75, 3.05) is 0 Å². The van der Waals surface area contributed by atoms with E-state index in [0.29, 0.717) is 27.1 Å². The molecule has 0 aliphatic heterocycles. The van der Waals surface area contributed by atoms with Gasteiger partial charge >= 0.3 is 6.09 Å². The summed E-state index contributed by atoms with van der Waals surface area (Å²) in [5, 5.41) is 7.19. The molecule has 1 amide bonds. The maximum Gasteiger partial charge on any atom is 0.402 e. The monoisotopic (exact) mass is 392 g/mol. The van der Waals surface area contributed by atoms with Crippen molar-refractivity contribution < 1.29 is 53.6 Å². The molecule has 5 nitrogen and oxygen atoms in total. The fourth-order valence-electron chi connectivity index (χ4n) is 2.09. The van der Waals surface area contributed by atoms with Crippen LogP contribution in [-0.2, 0) is 32.7 Å². The molecule has 0 heterocycles. The second kappa shape index (κ2) is 7.67. The number of carbonyl (C=O) groups excluding carboxylic acids is 2. The molecule has 1 aliphatic rings. The second-order valence-corrected chi connectivity index (χ2v) is 4.79. The van der Waals surface area contributed by atoms with Crippen LogP contribution in [0.2, 0.25) is 0 Å². The van der Waals surface area contributed by atoms with E-state index < -0.39 is 6.09 Å². The van der Waals surface area contributed by atoms with Crippen molar-refractivity contribution in [1.29, 1.82) is 0 Å². The van der Waals surface area contributed by atoms with Crippen molar-refractivity contribution in [3.63, 3.8) is 0 Å². The van der Waals surface area contributed by atoms with Gasteiger partial charge in [0.25, 0.3) is 0 Å². The van der Waals surface area contributed by atoms with Crippen molar-refractivity contribution in [3.05, 3.63) is 64.7 Å². The van der Waals surface area contributed by atoms with Crippen LogP contribution in [0.3, 0.4) is 0 Å². The number of primary amides is 1. The number of hydrogen-bond donors (Lipinski definition) is 3. The Bertz CT molecular complexity index is 763. The summed E-state index contributed by atoms with van der Waals surface area (Å²) in [5.74, 6) is -0.199. The van der Waals surface area contributed by atoms with Gasteiger partial charge in [0.05, 0.1) is 0 Å². The first-order chi connectivity index (χ1) is 9.91. The first-order valence-corrected chi connectivity index (χ1v) is 6.36. The quantitative estimate of drug-likeness (QED) is 0.513. The van der Waals surface area contributed by atoms with Crippen LogP contribution in [0.25, 0.3) is 0 Å². The van der Waals surface area contributed by atoms with Crippen LogP contribution in [-0.4, -0.2) is 22.8 Å². The Morgan fingerprint density at radius 3 is 1.86 bits per heavy atom. The minimum Gasteiger partial charge on any atom is -0.465 e. The van der Waals surface area contributed by atoms with E-state index in [1.165, 1.54) is 0 Å². The van der Waals surface area contributed by atoms with Gasteiger partial charge in [-0.05, 0) is 18.2 Å². The number of thiol groups is 1. The van der Waals surface area contributed by atoms with Gasteiger partial charge in [0.2, 0.25) is 0 Å². The predicted molar refractivity (Wildman–Crippen MR) is 81.3 cm³/mol. The maximum atomic E-state index is 12.2. The van der Waals surface area contributed by atoms with Gasteiger partial charge in [0.1, 0.15) is 0 Å². The van der Waals surface area contributed by atoms with E-state index in [2.05, 4.69) is 18.4 Å². The molecule has 0 bridgehead atoms. The molecule has 1 radical (unpaired) electrons. The number of hydrogen-bond acceptors (Lipinski definition) is 4.